The maximum absolute atomic E-state index is 2.80. The first-order chi connectivity index (χ1) is 32.1. The van der Waals surface area contributed by atoms with Crippen LogP contribution < -0.4 is 47.7 Å². The summed E-state index contributed by atoms with van der Waals surface area (Å²) in [4.78, 5) is 0. The molecule has 0 radical (unpaired) electrons. The van der Waals surface area contributed by atoms with Gasteiger partial charge >= 0.3 is 439 Å². The Labute approximate surface area is 434 Å². The van der Waals surface area contributed by atoms with Crippen LogP contribution in [0.3, 0.4) is 0 Å². The van der Waals surface area contributed by atoms with Crippen LogP contribution in [-0.2, 0) is 0 Å². The summed E-state index contributed by atoms with van der Waals surface area (Å²) in [6.07, 6.45) is 3.35. The fraction of sp³-hybridized carbons (Fsp3) is 0.100. The molecule has 0 spiro atoms. The van der Waals surface area contributed by atoms with Crippen molar-refractivity contribution in [1.82, 2.24) is 0 Å². The number of hydrogen-bond donors (Lipinski definition) is 0. The average molecular weight is 1250 g/mol. The van der Waals surface area contributed by atoms with E-state index in [0.717, 1.165) is 18.5 Å². The molecular weight excluding hydrogens is 1190 g/mol. The second kappa shape index (κ2) is 21.8. The molecule has 0 aromatic heterocycles. The summed E-state index contributed by atoms with van der Waals surface area (Å²) in [6.45, 7) is 6.99. The predicted octanol–water partition coefficient (Wildman–Crippen LogP) is 14.7. The monoisotopic (exact) mass is 1250 g/mol. The SMILES string of the molecule is CCP(I)(c1ccccc1)(c1ccccc1)c1ccccc1.CCP(I)(c1ccccc1)(c1ccccc1)c1ccccc1.CCP(I)(c1ccccc1)(c1ccccc1)c1ccccc1. The Morgan fingerprint density at radius 2 is 0.288 bits per heavy atom. The standard InChI is InChI=1S/3C20H20IP/c3*1-2-22(21,18-12-6-3-7-13-18,19-14-8-4-9-15-19)20-16-10-5-11-17-20/h3*3-17H,2H2,1H3. The Bertz CT molecular complexity index is 2240. The van der Waals surface area contributed by atoms with Gasteiger partial charge in [0.25, 0.3) is 0 Å². The van der Waals surface area contributed by atoms with E-state index in [-0.39, 0.29) is 0 Å². The van der Waals surface area contributed by atoms with Gasteiger partial charge in [0.2, 0.25) is 0 Å². The molecule has 0 nitrogen and oxygen atoms in total. The molecule has 0 N–H and O–H groups in total. The summed E-state index contributed by atoms with van der Waals surface area (Å²) in [5, 5.41) is 13.1. The van der Waals surface area contributed by atoms with Crippen LogP contribution in [0.1, 0.15) is 20.8 Å². The Kier molecular flexibility index (Phi) is 16.6. The minimum atomic E-state index is -2.43. The first-order valence-corrected chi connectivity index (χ1v) is 38.4. The van der Waals surface area contributed by atoms with E-state index in [9.17, 15) is 0 Å². The van der Waals surface area contributed by atoms with Gasteiger partial charge in [-0.3, -0.25) is 0 Å². The van der Waals surface area contributed by atoms with E-state index in [4.69, 9.17) is 0 Å². The van der Waals surface area contributed by atoms with Gasteiger partial charge in [-0.2, -0.15) is 0 Å². The van der Waals surface area contributed by atoms with Crippen molar-refractivity contribution in [1.29, 1.82) is 0 Å². The Morgan fingerprint density at radius 1 is 0.197 bits per heavy atom. The molecule has 6 heteroatoms. The van der Waals surface area contributed by atoms with Crippen molar-refractivity contribution in [2.45, 2.75) is 20.8 Å². The van der Waals surface area contributed by atoms with E-state index in [0.29, 0.717) is 0 Å². The van der Waals surface area contributed by atoms with Gasteiger partial charge in [-0.05, 0) is 0 Å². The van der Waals surface area contributed by atoms with Crippen molar-refractivity contribution in [3.05, 3.63) is 273 Å². The maximum atomic E-state index is 2.80. The van der Waals surface area contributed by atoms with Gasteiger partial charge < -0.3 is 0 Å². The van der Waals surface area contributed by atoms with Gasteiger partial charge in [0.05, 0.1) is 0 Å². The van der Waals surface area contributed by atoms with E-state index >= 15 is 0 Å². The summed E-state index contributed by atoms with van der Waals surface area (Å²) in [6, 6.07) is 99.3. The van der Waals surface area contributed by atoms with E-state index in [1.165, 1.54) is 47.7 Å². The molecule has 0 atom stereocenters. The van der Waals surface area contributed by atoms with Gasteiger partial charge in [0.1, 0.15) is 0 Å². The fourth-order valence-corrected chi connectivity index (χ4v) is 31.4. The van der Waals surface area contributed by atoms with Crippen molar-refractivity contribution < 1.29 is 0 Å². The van der Waals surface area contributed by atoms with Gasteiger partial charge in [0.15, 0.2) is 0 Å². The van der Waals surface area contributed by atoms with E-state index in [1.807, 2.05) is 0 Å². The molecule has 0 aliphatic carbocycles. The minimum absolute atomic E-state index is 1.12. The van der Waals surface area contributed by atoms with Crippen LogP contribution in [0.15, 0.2) is 273 Å². The molecule has 0 heterocycles. The molecule has 66 heavy (non-hydrogen) atoms. The number of rotatable bonds is 12. The summed E-state index contributed by atoms with van der Waals surface area (Å²) >= 11 is 8.40. The molecule has 0 aliphatic heterocycles. The van der Waals surface area contributed by atoms with Crippen molar-refractivity contribution in [2.75, 3.05) is 18.5 Å². The molecule has 0 bridgehead atoms. The molecule has 0 aliphatic rings. The molecule has 0 fully saturated rings. The van der Waals surface area contributed by atoms with Crippen LogP contribution in [0.2, 0.25) is 0 Å². The third-order valence-electron chi connectivity index (χ3n) is 13.4. The third kappa shape index (κ3) is 9.20. The quantitative estimate of drug-likeness (QED) is 0.0845. The summed E-state index contributed by atoms with van der Waals surface area (Å²) in [5.41, 5.74) is 0. The van der Waals surface area contributed by atoms with Crippen molar-refractivity contribution in [2.24, 2.45) is 0 Å². The topological polar surface area (TPSA) is 0 Å². The molecule has 336 valence electrons. The molecule has 0 saturated carbocycles. The van der Waals surface area contributed by atoms with Crippen LogP contribution in [0.25, 0.3) is 0 Å². The van der Waals surface area contributed by atoms with E-state index in [1.54, 1.807) is 0 Å². The molecule has 0 saturated heterocycles. The van der Waals surface area contributed by atoms with Crippen molar-refractivity contribution in [3.63, 3.8) is 0 Å². The van der Waals surface area contributed by atoms with Gasteiger partial charge in [0, 0.05) is 0 Å². The normalized spacial score (nSPS) is 13.3. The Balaban J connectivity index is 0.000000147. The molecule has 9 aromatic carbocycles. The summed E-state index contributed by atoms with van der Waals surface area (Å²) in [7, 11) is 0. The van der Waals surface area contributed by atoms with Crippen LogP contribution in [-0.4, -0.2) is 18.5 Å². The summed E-state index contributed by atoms with van der Waals surface area (Å²) < 4.78 is -7.29. The average Bonchev–Trinajstić information content (AvgIpc) is 3.43. The predicted molar refractivity (Wildman–Crippen MR) is 329 cm³/mol. The third-order valence-corrected chi connectivity index (χ3v) is 50.6. The Hall–Kier alpha value is -3.54. The van der Waals surface area contributed by atoms with Gasteiger partial charge in [-0.1, -0.05) is 0 Å². The fourth-order valence-electron chi connectivity index (χ4n) is 9.63. The van der Waals surface area contributed by atoms with Crippen LogP contribution in [0.4, 0.5) is 0 Å². The first kappa shape index (κ1) is 50.3. The van der Waals surface area contributed by atoms with Crippen molar-refractivity contribution >= 4 is 127 Å². The molecule has 0 unspecified atom stereocenters. The number of benzene rings is 9. The number of hydrogen-bond acceptors (Lipinski definition) is 0. The first-order valence-electron chi connectivity index (χ1n) is 22.8. The van der Waals surface area contributed by atoms with Gasteiger partial charge in [-0.15, -0.1) is 0 Å². The second-order valence-corrected chi connectivity index (χ2v) is 49.3. The van der Waals surface area contributed by atoms with Crippen molar-refractivity contribution in [3.8, 4) is 0 Å². The zero-order valence-electron chi connectivity index (χ0n) is 38.1. The zero-order chi connectivity index (χ0) is 46.5. The van der Waals surface area contributed by atoms with E-state index < -0.39 is 12.7 Å². The molecule has 9 rings (SSSR count). The zero-order valence-corrected chi connectivity index (χ0v) is 47.2. The molecule has 9 aromatic rings. The van der Waals surface area contributed by atoms with Gasteiger partial charge in [-0.25, -0.2) is 0 Å². The second-order valence-electron chi connectivity index (χ2n) is 16.5. The Morgan fingerprint density at radius 3 is 0.364 bits per heavy atom. The van der Waals surface area contributed by atoms with Crippen LogP contribution in [0, 0.1) is 0 Å². The molecule has 0 amide bonds. The van der Waals surface area contributed by atoms with E-state index in [2.05, 4.69) is 360 Å². The molecular formula is C60H60I3P3. The van der Waals surface area contributed by atoms with Crippen LogP contribution >= 0.6 is 78.9 Å². The number of halogens is 3. The summed E-state index contributed by atoms with van der Waals surface area (Å²) in [5.74, 6) is 0. The van der Waals surface area contributed by atoms with Crippen LogP contribution in [0.5, 0.6) is 0 Å².